The van der Waals surface area contributed by atoms with Crippen LogP contribution in [0, 0.1) is 0 Å². The lowest BCUT2D eigenvalue weighted by molar-refractivity contribution is -0.137. The van der Waals surface area contributed by atoms with E-state index in [2.05, 4.69) is 20.3 Å². The molecule has 0 spiro atoms. The summed E-state index contributed by atoms with van der Waals surface area (Å²) < 4.78 is 38.3. The Morgan fingerprint density at radius 2 is 1.61 bits per heavy atom. The Kier molecular flexibility index (Phi) is 4.43. The third-order valence-electron chi connectivity index (χ3n) is 4.40. The zero-order valence-corrected chi connectivity index (χ0v) is 14.8. The molecule has 2 heterocycles. The highest BCUT2D eigenvalue weighted by molar-refractivity contribution is 5.93. The molecule has 0 atom stereocenters. The summed E-state index contributed by atoms with van der Waals surface area (Å²) in [4.78, 5) is 13.2. The van der Waals surface area contributed by atoms with Crippen LogP contribution in [0.3, 0.4) is 0 Å². The van der Waals surface area contributed by atoms with Crippen molar-refractivity contribution in [2.24, 2.45) is 0 Å². The van der Waals surface area contributed by atoms with E-state index in [1.54, 1.807) is 19.4 Å². The van der Waals surface area contributed by atoms with E-state index in [0.717, 1.165) is 34.2 Å². The summed E-state index contributed by atoms with van der Waals surface area (Å²) in [5.41, 5.74) is 2.34. The van der Waals surface area contributed by atoms with Gasteiger partial charge in [-0.05, 0) is 47.5 Å². The van der Waals surface area contributed by atoms with Gasteiger partial charge in [0.05, 0.1) is 11.1 Å². The number of aromatic nitrogens is 3. The van der Waals surface area contributed by atoms with E-state index in [1.807, 2.05) is 30.3 Å². The molecular weight excluding hydrogens is 365 g/mol. The number of hydrogen-bond donors (Lipinski definition) is 1. The number of alkyl halides is 3. The molecule has 0 fully saturated rings. The molecule has 0 amide bonds. The minimum atomic E-state index is -4.35. The van der Waals surface area contributed by atoms with Gasteiger partial charge in [-0.15, -0.1) is 0 Å². The zero-order valence-electron chi connectivity index (χ0n) is 14.8. The molecule has 140 valence electrons. The van der Waals surface area contributed by atoms with Crippen molar-refractivity contribution in [3.05, 3.63) is 72.6 Å². The van der Waals surface area contributed by atoms with E-state index >= 15 is 0 Å². The van der Waals surface area contributed by atoms with Gasteiger partial charge in [-0.25, -0.2) is 9.97 Å². The Labute approximate surface area is 159 Å². The molecule has 4 aromatic rings. The summed E-state index contributed by atoms with van der Waals surface area (Å²) in [6, 6.07) is 14.3. The number of pyridine rings is 1. The summed E-state index contributed by atoms with van der Waals surface area (Å²) in [6.07, 6.45) is -0.977. The van der Waals surface area contributed by atoms with Crippen LogP contribution in [0.4, 0.5) is 19.0 Å². The van der Waals surface area contributed by atoms with Crippen LogP contribution in [-0.2, 0) is 6.18 Å². The number of nitrogens with one attached hydrogen (secondary N) is 1. The number of rotatable bonds is 3. The largest absolute Gasteiger partial charge is 0.416 e. The fourth-order valence-corrected chi connectivity index (χ4v) is 2.97. The van der Waals surface area contributed by atoms with Crippen molar-refractivity contribution in [3.8, 4) is 22.5 Å². The van der Waals surface area contributed by atoms with Gasteiger partial charge in [0.15, 0.2) is 5.82 Å². The molecule has 7 heteroatoms. The van der Waals surface area contributed by atoms with Crippen LogP contribution >= 0.6 is 0 Å². The van der Waals surface area contributed by atoms with Crippen molar-refractivity contribution in [3.63, 3.8) is 0 Å². The maximum Gasteiger partial charge on any atom is 0.416 e. The van der Waals surface area contributed by atoms with Crippen LogP contribution in [0.25, 0.3) is 33.4 Å². The number of halogens is 3. The predicted molar refractivity (Wildman–Crippen MR) is 103 cm³/mol. The second kappa shape index (κ2) is 6.92. The first-order valence-electron chi connectivity index (χ1n) is 8.53. The van der Waals surface area contributed by atoms with Gasteiger partial charge >= 0.3 is 6.18 Å². The lowest BCUT2D eigenvalue weighted by atomic mass is 10.0. The molecule has 0 saturated heterocycles. The van der Waals surface area contributed by atoms with Gasteiger partial charge in [-0.3, -0.25) is 4.98 Å². The molecule has 4 nitrogen and oxygen atoms in total. The number of anilines is 1. The predicted octanol–water partition coefficient (Wildman–Crippen LogP) is 5.42. The molecule has 0 aliphatic heterocycles. The van der Waals surface area contributed by atoms with Gasteiger partial charge in [-0.2, -0.15) is 13.2 Å². The first-order chi connectivity index (χ1) is 13.5. The maximum atomic E-state index is 12.8. The Morgan fingerprint density at radius 1 is 0.857 bits per heavy atom. The average molecular weight is 380 g/mol. The zero-order chi connectivity index (χ0) is 19.7. The quantitative estimate of drug-likeness (QED) is 0.516. The van der Waals surface area contributed by atoms with E-state index in [4.69, 9.17) is 0 Å². The van der Waals surface area contributed by atoms with Crippen LogP contribution in [0.1, 0.15) is 5.56 Å². The van der Waals surface area contributed by atoms with Crippen LogP contribution in [-0.4, -0.2) is 22.0 Å². The van der Waals surface area contributed by atoms with Gasteiger partial charge in [0.2, 0.25) is 0 Å². The summed E-state index contributed by atoms with van der Waals surface area (Å²) in [7, 11) is 1.76. The summed E-state index contributed by atoms with van der Waals surface area (Å²) in [5.74, 6) is 1.19. The molecule has 0 bridgehead atoms. The fourth-order valence-electron chi connectivity index (χ4n) is 2.97. The van der Waals surface area contributed by atoms with Crippen molar-refractivity contribution in [1.82, 2.24) is 15.0 Å². The highest BCUT2D eigenvalue weighted by atomic mass is 19.4. The van der Waals surface area contributed by atoms with Gasteiger partial charge in [0.1, 0.15) is 5.82 Å². The second-order valence-electron chi connectivity index (χ2n) is 6.19. The van der Waals surface area contributed by atoms with Crippen molar-refractivity contribution >= 4 is 16.7 Å². The molecule has 28 heavy (non-hydrogen) atoms. The van der Waals surface area contributed by atoms with Crippen LogP contribution in [0.2, 0.25) is 0 Å². The van der Waals surface area contributed by atoms with Gasteiger partial charge < -0.3 is 5.32 Å². The summed E-state index contributed by atoms with van der Waals surface area (Å²) >= 11 is 0. The molecule has 1 N–H and O–H groups in total. The minimum absolute atomic E-state index is 0.548. The van der Waals surface area contributed by atoms with Crippen molar-refractivity contribution in [2.45, 2.75) is 6.18 Å². The topological polar surface area (TPSA) is 50.7 Å². The van der Waals surface area contributed by atoms with Crippen LogP contribution < -0.4 is 5.32 Å². The lowest BCUT2D eigenvalue weighted by Gasteiger charge is -2.11. The summed E-state index contributed by atoms with van der Waals surface area (Å²) in [6.45, 7) is 0. The average Bonchev–Trinajstić information content (AvgIpc) is 2.72. The SMILES string of the molecule is CNc1nc(-c2cccnc2)nc2ccc(-c3ccc(C(F)(F)F)cc3)cc12. The molecule has 0 saturated carbocycles. The number of benzene rings is 2. The lowest BCUT2D eigenvalue weighted by Crippen LogP contribution is -2.04. The number of nitrogens with zero attached hydrogens (tertiary/aromatic N) is 3. The Bertz CT molecular complexity index is 1120. The number of hydrogen-bond acceptors (Lipinski definition) is 4. The van der Waals surface area contributed by atoms with Crippen molar-refractivity contribution in [2.75, 3.05) is 12.4 Å². The normalized spacial score (nSPS) is 11.6. The fraction of sp³-hybridized carbons (Fsp3) is 0.0952. The number of fused-ring (bicyclic) bond motifs is 1. The molecular formula is C21H15F3N4. The van der Waals surface area contributed by atoms with Gasteiger partial charge in [0, 0.05) is 30.4 Å². The van der Waals surface area contributed by atoms with E-state index < -0.39 is 11.7 Å². The smallest absolute Gasteiger partial charge is 0.373 e. The Balaban J connectivity index is 1.79. The maximum absolute atomic E-state index is 12.8. The first kappa shape index (κ1) is 17.9. The van der Waals surface area contributed by atoms with E-state index in [0.29, 0.717) is 17.2 Å². The first-order valence-corrected chi connectivity index (χ1v) is 8.53. The molecule has 0 aliphatic carbocycles. The molecule has 0 aliphatic rings. The second-order valence-corrected chi connectivity index (χ2v) is 6.19. The highest BCUT2D eigenvalue weighted by Gasteiger charge is 2.29. The monoisotopic (exact) mass is 380 g/mol. The van der Waals surface area contributed by atoms with E-state index in [1.165, 1.54) is 12.1 Å². The van der Waals surface area contributed by atoms with Gasteiger partial charge in [-0.1, -0.05) is 18.2 Å². The Morgan fingerprint density at radius 3 is 2.25 bits per heavy atom. The minimum Gasteiger partial charge on any atom is -0.373 e. The van der Waals surface area contributed by atoms with Gasteiger partial charge in [0.25, 0.3) is 0 Å². The standard InChI is InChI=1S/C21H15F3N4/c1-25-20-17-11-14(13-4-7-16(8-5-13)21(22,23)24)6-9-18(17)27-19(28-20)15-3-2-10-26-12-15/h2-12H,1H3,(H,25,27,28). The third kappa shape index (κ3) is 3.38. The van der Waals surface area contributed by atoms with Crippen LogP contribution in [0.5, 0.6) is 0 Å². The highest BCUT2D eigenvalue weighted by Crippen LogP contribution is 2.33. The molecule has 0 radical (unpaired) electrons. The van der Waals surface area contributed by atoms with E-state index in [-0.39, 0.29) is 0 Å². The molecule has 4 rings (SSSR count). The van der Waals surface area contributed by atoms with Crippen molar-refractivity contribution in [1.29, 1.82) is 0 Å². The third-order valence-corrected chi connectivity index (χ3v) is 4.40. The molecule has 2 aromatic heterocycles. The van der Waals surface area contributed by atoms with Crippen LogP contribution in [0.15, 0.2) is 67.0 Å². The van der Waals surface area contributed by atoms with E-state index in [9.17, 15) is 13.2 Å². The summed E-state index contributed by atoms with van der Waals surface area (Å²) in [5, 5.41) is 3.85. The molecule has 0 unspecified atom stereocenters. The Hall–Kier alpha value is -3.48. The molecule has 2 aromatic carbocycles. The van der Waals surface area contributed by atoms with Crippen molar-refractivity contribution < 1.29 is 13.2 Å².